The number of nitrogens with one attached hydrogen (secondary N) is 1. The standard InChI is InChI=1S/C12H22N2O2/c1-16-9-11(13)12(15)14-8-7-10-5-3-2-4-6-10/h5,11H,2-4,6-9,13H2,1H3,(H,14,15). The first kappa shape index (κ1) is 13.2. The van der Waals surface area contributed by atoms with Gasteiger partial charge in [0, 0.05) is 13.7 Å². The van der Waals surface area contributed by atoms with E-state index in [1.807, 2.05) is 0 Å². The molecule has 0 aliphatic heterocycles. The maximum atomic E-state index is 11.4. The topological polar surface area (TPSA) is 64.3 Å². The lowest BCUT2D eigenvalue weighted by molar-refractivity contribution is -0.123. The molecule has 16 heavy (non-hydrogen) atoms. The average molecular weight is 226 g/mol. The molecular weight excluding hydrogens is 204 g/mol. The van der Waals surface area contributed by atoms with E-state index in [4.69, 9.17) is 10.5 Å². The molecule has 0 radical (unpaired) electrons. The van der Waals surface area contributed by atoms with Gasteiger partial charge in [0.1, 0.15) is 6.04 Å². The number of carbonyl (C=O) groups excluding carboxylic acids is 1. The molecule has 1 aliphatic carbocycles. The number of methoxy groups -OCH3 is 1. The summed E-state index contributed by atoms with van der Waals surface area (Å²) in [6, 6.07) is -0.551. The largest absolute Gasteiger partial charge is 0.383 e. The Morgan fingerprint density at radius 3 is 3.06 bits per heavy atom. The lowest BCUT2D eigenvalue weighted by atomic mass is 9.97. The lowest BCUT2D eigenvalue weighted by Gasteiger charge is -2.14. The predicted molar refractivity (Wildman–Crippen MR) is 64.0 cm³/mol. The van der Waals surface area contributed by atoms with Crippen LogP contribution >= 0.6 is 0 Å². The third-order valence-corrected chi connectivity index (χ3v) is 2.81. The van der Waals surface area contributed by atoms with Gasteiger partial charge in [-0.25, -0.2) is 0 Å². The maximum Gasteiger partial charge on any atom is 0.239 e. The zero-order valence-corrected chi connectivity index (χ0v) is 10.00. The van der Waals surface area contributed by atoms with E-state index in [0.717, 1.165) is 6.42 Å². The number of ether oxygens (including phenoxy) is 1. The highest BCUT2D eigenvalue weighted by molar-refractivity contribution is 5.81. The summed E-state index contributed by atoms with van der Waals surface area (Å²) in [5.74, 6) is -0.127. The van der Waals surface area contributed by atoms with Crippen molar-refractivity contribution in [2.24, 2.45) is 5.73 Å². The van der Waals surface area contributed by atoms with Crippen molar-refractivity contribution in [3.8, 4) is 0 Å². The second-order valence-corrected chi connectivity index (χ2v) is 4.21. The van der Waals surface area contributed by atoms with Gasteiger partial charge in [-0.3, -0.25) is 4.79 Å². The van der Waals surface area contributed by atoms with Gasteiger partial charge >= 0.3 is 0 Å². The van der Waals surface area contributed by atoms with Crippen LogP contribution in [0.3, 0.4) is 0 Å². The van der Waals surface area contributed by atoms with Crippen molar-refractivity contribution in [1.29, 1.82) is 0 Å². The number of nitrogens with two attached hydrogens (primary N) is 1. The molecule has 1 unspecified atom stereocenters. The zero-order chi connectivity index (χ0) is 11.8. The van der Waals surface area contributed by atoms with Crippen LogP contribution in [0.5, 0.6) is 0 Å². The molecule has 0 spiro atoms. The summed E-state index contributed by atoms with van der Waals surface area (Å²) in [6.45, 7) is 0.955. The van der Waals surface area contributed by atoms with E-state index < -0.39 is 6.04 Å². The maximum absolute atomic E-state index is 11.4. The van der Waals surface area contributed by atoms with E-state index in [-0.39, 0.29) is 12.5 Å². The van der Waals surface area contributed by atoms with Gasteiger partial charge < -0.3 is 15.8 Å². The molecule has 0 aromatic rings. The van der Waals surface area contributed by atoms with Gasteiger partial charge in [-0.1, -0.05) is 11.6 Å². The van der Waals surface area contributed by atoms with Gasteiger partial charge in [-0.2, -0.15) is 0 Å². The van der Waals surface area contributed by atoms with Crippen LogP contribution in [0.1, 0.15) is 32.1 Å². The molecule has 0 bridgehead atoms. The highest BCUT2D eigenvalue weighted by atomic mass is 16.5. The minimum Gasteiger partial charge on any atom is -0.383 e. The normalized spacial score (nSPS) is 17.8. The van der Waals surface area contributed by atoms with E-state index in [1.165, 1.54) is 31.3 Å². The second kappa shape index (κ2) is 7.41. The molecule has 0 fully saturated rings. The Bertz CT molecular complexity index is 251. The fourth-order valence-electron chi connectivity index (χ4n) is 1.86. The van der Waals surface area contributed by atoms with Crippen molar-refractivity contribution in [3.63, 3.8) is 0 Å². The quantitative estimate of drug-likeness (QED) is 0.663. The minimum atomic E-state index is -0.551. The Morgan fingerprint density at radius 1 is 1.62 bits per heavy atom. The van der Waals surface area contributed by atoms with Crippen LogP contribution in [-0.4, -0.2) is 32.2 Å². The molecule has 3 N–H and O–H groups in total. The number of hydrogen-bond acceptors (Lipinski definition) is 3. The van der Waals surface area contributed by atoms with Crippen LogP contribution in [-0.2, 0) is 9.53 Å². The summed E-state index contributed by atoms with van der Waals surface area (Å²) in [5.41, 5.74) is 7.06. The zero-order valence-electron chi connectivity index (χ0n) is 10.00. The van der Waals surface area contributed by atoms with Crippen LogP contribution in [0.4, 0.5) is 0 Å². The van der Waals surface area contributed by atoms with Crippen molar-refractivity contribution >= 4 is 5.91 Å². The first-order chi connectivity index (χ1) is 7.74. The SMILES string of the molecule is COCC(N)C(=O)NCCC1=CCCCC1. The van der Waals surface area contributed by atoms with Gasteiger partial charge in [-0.05, 0) is 32.1 Å². The third-order valence-electron chi connectivity index (χ3n) is 2.81. The number of rotatable bonds is 6. The molecule has 1 rings (SSSR count). The van der Waals surface area contributed by atoms with Crippen molar-refractivity contribution in [2.75, 3.05) is 20.3 Å². The highest BCUT2D eigenvalue weighted by Crippen LogP contribution is 2.19. The molecule has 0 aromatic heterocycles. The Balaban J connectivity index is 2.14. The van der Waals surface area contributed by atoms with E-state index in [1.54, 1.807) is 7.11 Å². The summed E-state index contributed by atoms with van der Waals surface area (Å²) in [7, 11) is 1.54. The molecule has 1 amide bonds. The van der Waals surface area contributed by atoms with Crippen molar-refractivity contribution in [3.05, 3.63) is 11.6 Å². The molecular formula is C12H22N2O2. The fourth-order valence-corrected chi connectivity index (χ4v) is 1.86. The third kappa shape index (κ3) is 4.77. The van der Waals surface area contributed by atoms with E-state index in [9.17, 15) is 4.79 Å². The van der Waals surface area contributed by atoms with Gasteiger partial charge in [0.2, 0.25) is 5.91 Å². The van der Waals surface area contributed by atoms with Crippen LogP contribution in [0.25, 0.3) is 0 Å². The smallest absolute Gasteiger partial charge is 0.239 e. The van der Waals surface area contributed by atoms with Crippen LogP contribution in [0.15, 0.2) is 11.6 Å². The van der Waals surface area contributed by atoms with E-state index in [2.05, 4.69) is 11.4 Å². The Hall–Kier alpha value is -0.870. The number of amides is 1. The van der Waals surface area contributed by atoms with Gasteiger partial charge in [0.15, 0.2) is 0 Å². The summed E-state index contributed by atoms with van der Waals surface area (Å²) in [4.78, 5) is 11.4. The average Bonchev–Trinajstić information content (AvgIpc) is 2.30. The molecule has 0 heterocycles. The fraction of sp³-hybridized carbons (Fsp3) is 0.750. The van der Waals surface area contributed by atoms with E-state index >= 15 is 0 Å². The van der Waals surface area contributed by atoms with Crippen molar-refractivity contribution in [1.82, 2.24) is 5.32 Å². The first-order valence-corrected chi connectivity index (χ1v) is 5.94. The molecule has 1 atom stereocenters. The predicted octanol–water partition coefficient (Wildman–Crippen LogP) is 0.967. The molecule has 0 aromatic carbocycles. The highest BCUT2D eigenvalue weighted by Gasteiger charge is 2.12. The van der Waals surface area contributed by atoms with Crippen LogP contribution in [0, 0.1) is 0 Å². The molecule has 0 saturated heterocycles. The molecule has 4 nitrogen and oxygen atoms in total. The number of hydrogen-bond donors (Lipinski definition) is 2. The summed E-state index contributed by atoms with van der Waals surface area (Å²) in [6.07, 6.45) is 8.19. The van der Waals surface area contributed by atoms with Crippen LogP contribution in [0.2, 0.25) is 0 Å². The Kier molecular flexibility index (Phi) is 6.11. The number of carbonyl (C=O) groups is 1. The van der Waals surface area contributed by atoms with Crippen LogP contribution < -0.4 is 11.1 Å². The van der Waals surface area contributed by atoms with Crippen molar-refractivity contribution < 1.29 is 9.53 Å². The molecule has 92 valence electrons. The molecule has 4 heteroatoms. The Morgan fingerprint density at radius 2 is 2.44 bits per heavy atom. The molecule has 1 aliphatic rings. The summed E-state index contributed by atoms with van der Waals surface area (Å²) in [5, 5.41) is 2.83. The van der Waals surface area contributed by atoms with E-state index in [0.29, 0.717) is 6.54 Å². The number of allylic oxidation sites excluding steroid dienone is 1. The summed E-state index contributed by atoms with van der Waals surface area (Å²) < 4.78 is 4.82. The Labute approximate surface area is 97.2 Å². The van der Waals surface area contributed by atoms with Crippen molar-refractivity contribution in [2.45, 2.75) is 38.1 Å². The second-order valence-electron chi connectivity index (χ2n) is 4.21. The first-order valence-electron chi connectivity index (χ1n) is 5.94. The monoisotopic (exact) mass is 226 g/mol. The summed E-state index contributed by atoms with van der Waals surface area (Å²) >= 11 is 0. The van der Waals surface area contributed by atoms with Gasteiger partial charge in [-0.15, -0.1) is 0 Å². The van der Waals surface area contributed by atoms with Gasteiger partial charge in [0.25, 0.3) is 0 Å². The molecule has 0 saturated carbocycles. The van der Waals surface area contributed by atoms with Gasteiger partial charge in [0.05, 0.1) is 6.61 Å². The minimum absolute atomic E-state index is 0.127. The lowest BCUT2D eigenvalue weighted by Crippen LogP contribution is -2.43.